The molecule has 0 aromatic heterocycles. The van der Waals surface area contributed by atoms with Crippen molar-refractivity contribution in [2.75, 3.05) is 0 Å². The van der Waals surface area contributed by atoms with Crippen molar-refractivity contribution in [3.63, 3.8) is 0 Å². The summed E-state index contributed by atoms with van der Waals surface area (Å²) in [5.41, 5.74) is -0.690. The average Bonchev–Trinajstić information content (AvgIpc) is 2.13. The second-order valence-electron chi connectivity index (χ2n) is 3.70. The number of benzene rings is 1. The first-order valence-corrected chi connectivity index (χ1v) is 5.05. The van der Waals surface area contributed by atoms with Gasteiger partial charge in [0.2, 0.25) is 0 Å². The molecule has 96 valence electrons. The molecule has 6 nitrogen and oxygen atoms in total. The van der Waals surface area contributed by atoms with E-state index < -0.39 is 29.0 Å². The summed E-state index contributed by atoms with van der Waals surface area (Å²) in [6.07, 6.45) is 0. The third-order valence-corrected chi connectivity index (χ3v) is 2.20. The predicted molar refractivity (Wildman–Crippen MR) is 61.1 cm³/mol. The van der Waals surface area contributed by atoms with Gasteiger partial charge in [-0.1, -0.05) is 0 Å². The molecule has 1 aromatic carbocycles. The third-order valence-electron chi connectivity index (χ3n) is 2.20. The maximum Gasteiger partial charge on any atom is 0.308 e. The van der Waals surface area contributed by atoms with Gasteiger partial charge >= 0.3 is 5.97 Å². The van der Waals surface area contributed by atoms with Crippen LogP contribution in [0.15, 0.2) is 6.07 Å². The fourth-order valence-corrected chi connectivity index (χ4v) is 1.55. The Balaban J connectivity index is 3.60. The van der Waals surface area contributed by atoms with Gasteiger partial charge in [0.25, 0.3) is 0 Å². The molecular weight excluding hydrogens is 240 g/mol. The average molecular weight is 252 g/mol. The van der Waals surface area contributed by atoms with Crippen molar-refractivity contribution in [1.82, 2.24) is 0 Å². The minimum Gasteiger partial charge on any atom is -0.507 e. The lowest BCUT2D eigenvalue weighted by molar-refractivity contribution is -0.131. The van der Waals surface area contributed by atoms with E-state index in [-0.39, 0.29) is 16.9 Å². The van der Waals surface area contributed by atoms with Gasteiger partial charge in [-0.05, 0) is 13.8 Å². The van der Waals surface area contributed by atoms with Gasteiger partial charge in [-0.25, -0.2) is 0 Å². The number of phenolic OH excluding ortho intramolecular Hbond substituents is 2. The lowest BCUT2D eigenvalue weighted by Gasteiger charge is -2.12. The molecule has 0 saturated carbocycles. The fraction of sp³-hybridized carbons (Fsp3) is 0.250. The summed E-state index contributed by atoms with van der Waals surface area (Å²) < 4.78 is 4.71. The van der Waals surface area contributed by atoms with E-state index in [1.54, 1.807) is 0 Å². The summed E-state index contributed by atoms with van der Waals surface area (Å²) in [5.74, 6) is -3.44. The summed E-state index contributed by atoms with van der Waals surface area (Å²) in [4.78, 5) is 33.5. The first-order chi connectivity index (χ1) is 8.25. The lowest BCUT2D eigenvalue weighted by Crippen LogP contribution is -2.08. The molecule has 0 unspecified atom stereocenters. The van der Waals surface area contributed by atoms with Crippen LogP contribution in [0.25, 0.3) is 0 Å². The largest absolute Gasteiger partial charge is 0.507 e. The minimum atomic E-state index is -0.716. The molecule has 2 N–H and O–H groups in total. The van der Waals surface area contributed by atoms with E-state index in [0.717, 1.165) is 26.8 Å². The molecule has 0 saturated heterocycles. The summed E-state index contributed by atoms with van der Waals surface area (Å²) in [7, 11) is 0. The number of ketones is 2. The number of aromatic hydroxyl groups is 2. The van der Waals surface area contributed by atoms with Gasteiger partial charge in [0.05, 0.1) is 0 Å². The number of carbonyl (C=O) groups excluding carboxylic acids is 3. The third kappa shape index (κ3) is 2.48. The number of phenols is 2. The molecule has 1 rings (SSSR count). The van der Waals surface area contributed by atoms with Crippen LogP contribution in [0.5, 0.6) is 17.2 Å². The second kappa shape index (κ2) is 4.87. The number of esters is 1. The van der Waals surface area contributed by atoms with E-state index in [4.69, 9.17) is 4.74 Å². The normalized spacial score (nSPS) is 9.94. The van der Waals surface area contributed by atoms with Crippen molar-refractivity contribution in [3.8, 4) is 17.2 Å². The Labute approximate surface area is 103 Å². The molecule has 18 heavy (non-hydrogen) atoms. The highest BCUT2D eigenvalue weighted by molar-refractivity contribution is 6.07. The molecule has 0 aliphatic carbocycles. The second-order valence-corrected chi connectivity index (χ2v) is 3.70. The number of hydrogen-bond acceptors (Lipinski definition) is 6. The van der Waals surface area contributed by atoms with E-state index in [9.17, 15) is 24.6 Å². The molecule has 0 aliphatic rings. The van der Waals surface area contributed by atoms with E-state index in [0.29, 0.717) is 0 Å². The maximum absolute atomic E-state index is 11.4. The molecule has 0 radical (unpaired) electrons. The number of hydrogen-bond donors (Lipinski definition) is 2. The van der Waals surface area contributed by atoms with Crippen LogP contribution in [0.3, 0.4) is 0 Å². The summed E-state index contributed by atoms with van der Waals surface area (Å²) >= 11 is 0. The number of rotatable bonds is 3. The zero-order chi connectivity index (χ0) is 14.0. The summed E-state index contributed by atoms with van der Waals surface area (Å²) in [5, 5.41) is 19.4. The molecule has 0 heterocycles. The Morgan fingerprint density at radius 2 is 1.50 bits per heavy atom. The molecule has 1 aromatic rings. The van der Waals surface area contributed by atoms with Crippen molar-refractivity contribution < 1.29 is 29.3 Å². The summed E-state index contributed by atoms with van der Waals surface area (Å²) in [6, 6.07) is 0.953. The van der Waals surface area contributed by atoms with Crippen molar-refractivity contribution in [2.24, 2.45) is 0 Å². The topological polar surface area (TPSA) is 101 Å². The Bertz CT molecular complexity index is 544. The molecule has 0 bridgehead atoms. The van der Waals surface area contributed by atoms with Crippen molar-refractivity contribution in [2.45, 2.75) is 20.8 Å². The Kier molecular flexibility index (Phi) is 3.70. The van der Waals surface area contributed by atoms with Crippen LogP contribution in [-0.4, -0.2) is 27.7 Å². The van der Waals surface area contributed by atoms with Crippen LogP contribution in [0.2, 0.25) is 0 Å². The Morgan fingerprint density at radius 1 is 1.00 bits per heavy atom. The van der Waals surface area contributed by atoms with E-state index in [1.165, 1.54) is 0 Å². The highest BCUT2D eigenvalue weighted by Crippen LogP contribution is 2.38. The highest BCUT2D eigenvalue weighted by Gasteiger charge is 2.24. The van der Waals surface area contributed by atoms with Crippen LogP contribution in [0.4, 0.5) is 0 Å². The zero-order valence-corrected chi connectivity index (χ0v) is 10.1. The van der Waals surface area contributed by atoms with Crippen molar-refractivity contribution >= 4 is 17.5 Å². The molecule has 0 atom stereocenters. The quantitative estimate of drug-likeness (QED) is 0.479. The fourth-order valence-electron chi connectivity index (χ4n) is 1.55. The SMILES string of the molecule is CC(=O)Oc1cc(O)c(C(C)=O)c(O)c1C(C)=O. The van der Waals surface area contributed by atoms with Gasteiger partial charge in [-0.3, -0.25) is 14.4 Å². The Hall–Kier alpha value is -2.37. The van der Waals surface area contributed by atoms with Crippen LogP contribution >= 0.6 is 0 Å². The molecule has 0 fully saturated rings. The van der Waals surface area contributed by atoms with Crippen LogP contribution in [0.1, 0.15) is 41.5 Å². The van der Waals surface area contributed by atoms with E-state index in [1.807, 2.05) is 0 Å². The van der Waals surface area contributed by atoms with Crippen LogP contribution in [-0.2, 0) is 4.79 Å². The number of Topliss-reactive ketones (excluding diaryl/α,β-unsaturated/α-hetero) is 2. The first kappa shape index (κ1) is 13.7. The van der Waals surface area contributed by atoms with Gasteiger partial charge in [-0.15, -0.1) is 0 Å². The molecular formula is C12H12O6. The van der Waals surface area contributed by atoms with Crippen LogP contribution < -0.4 is 4.74 Å². The molecule has 0 spiro atoms. The van der Waals surface area contributed by atoms with E-state index >= 15 is 0 Å². The monoisotopic (exact) mass is 252 g/mol. The van der Waals surface area contributed by atoms with Crippen LogP contribution in [0, 0.1) is 0 Å². The number of ether oxygens (including phenoxy) is 1. The zero-order valence-electron chi connectivity index (χ0n) is 10.1. The van der Waals surface area contributed by atoms with Gasteiger partial charge in [0.1, 0.15) is 28.4 Å². The highest BCUT2D eigenvalue weighted by atomic mass is 16.5. The summed E-state index contributed by atoms with van der Waals surface area (Å²) in [6.45, 7) is 3.38. The standard InChI is InChI=1S/C12H12O6/c1-5(13)10-8(16)4-9(18-7(3)15)11(6(2)14)12(10)17/h4,16-17H,1-3H3. The number of carbonyl (C=O) groups is 3. The molecule has 0 aliphatic heterocycles. The first-order valence-electron chi connectivity index (χ1n) is 5.05. The molecule has 6 heteroatoms. The predicted octanol–water partition coefficient (Wildman–Crippen LogP) is 1.43. The lowest BCUT2D eigenvalue weighted by atomic mass is 10.0. The molecule has 0 amide bonds. The maximum atomic E-state index is 11.4. The Morgan fingerprint density at radius 3 is 1.89 bits per heavy atom. The smallest absolute Gasteiger partial charge is 0.308 e. The van der Waals surface area contributed by atoms with Crippen molar-refractivity contribution in [3.05, 3.63) is 17.2 Å². The van der Waals surface area contributed by atoms with Crippen molar-refractivity contribution in [1.29, 1.82) is 0 Å². The van der Waals surface area contributed by atoms with E-state index in [2.05, 4.69) is 0 Å². The van der Waals surface area contributed by atoms with Gasteiger partial charge in [0.15, 0.2) is 11.6 Å². The minimum absolute atomic E-state index is 0.282. The van der Waals surface area contributed by atoms with Gasteiger partial charge < -0.3 is 14.9 Å². The van der Waals surface area contributed by atoms with Gasteiger partial charge in [0, 0.05) is 13.0 Å². The van der Waals surface area contributed by atoms with Gasteiger partial charge in [-0.2, -0.15) is 0 Å².